The number of benzene rings is 2. The zero-order valence-electron chi connectivity index (χ0n) is 13.1. The van der Waals surface area contributed by atoms with E-state index < -0.39 is 0 Å². The first-order valence-corrected chi connectivity index (χ1v) is 9.14. The monoisotopic (exact) mass is 460 g/mol. The van der Waals surface area contributed by atoms with Crippen molar-refractivity contribution < 1.29 is 13.9 Å². The number of carbonyl (C=O) groups excluding carboxylic acids is 1. The van der Waals surface area contributed by atoms with E-state index in [-0.39, 0.29) is 5.78 Å². The van der Waals surface area contributed by atoms with Gasteiger partial charge in [-0.2, -0.15) is 0 Å². The van der Waals surface area contributed by atoms with Crippen molar-refractivity contribution in [3.8, 4) is 5.75 Å². The highest BCUT2D eigenvalue weighted by molar-refractivity contribution is 9.10. The SMILES string of the molecule is O=C(/C=C/c1ccc(COc2ccccc2Br)o1)c1ccc(Br)cc1. The fraction of sp³-hybridized carbons (Fsp3) is 0.0500. The van der Waals surface area contributed by atoms with Crippen LogP contribution in [-0.4, -0.2) is 5.78 Å². The van der Waals surface area contributed by atoms with Crippen molar-refractivity contribution in [1.82, 2.24) is 0 Å². The van der Waals surface area contributed by atoms with Crippen molar-refractivity contribution in [2.75, 3.05) is 0 Å². The normalized spacial score (nSPS) is 11.0. The Morgan fingerprint density at radius 3 is 2.52 bits per heavy atom. The summed E-state index contributed by atoms with van der Waals surface area (Å²) in [6.07, 6.45) is 3.16. The molecule has 0 saturated carbocycles. The quantitative estimate of drug-likeness (QED) is 0.320. The fourth-order valence-corrected chi connectivity index (χ4v) is 2.80. The van der Waals surface area contributed by atoms with E-state index in [9.17, 15) is 4.79 Å². The lowest BCUT2D eigenvalue weighted by Gasteiger charge is -2.05. The Balaban J connectivity index is 1.60. The van der Waals surface area contributed by atoms with Gasteiger partial charge in [0, 0.05) is 10.0 Å². The summed E-state index contributed by atoms with van der Waals surface area (Å²) in [5, 5.41) is 0. The van der Waals surface area contributed by atoms with Crippen LogP contribution in [0.15, 0.2) is 80.1 Å². The summed E-state index contributed by atoms with van der Waals surface area (Å²) in [6.45, 7) is 0.317. The maximum atomic E-state index is 12.1. The minimum Gasteiger partial charge on any atom is -0.484 e. The highest BCUT2D eigenvalue weighted by atomic mass is 79.9. The summed E-state index contributed by atoms with van der Waals surface area (Å²) >= 11 is 6.79. The van der Waals surface area contributed by atoms with E-state index in [1.54, 1.807) is 18.2 Å². The lowest BCUT2D eigenvalue weighted by Crippen LogP contribution is -1.94. The number of halogens is 2. The van der Waals surface area contributed by atoms with E-state index in [1.165, 1.54) is 6.08 Å². The molecule has 0 aliphatic carbocycles. The number of carbonyl (C=O) groups is 1. The summed E-state index contributed by atoms with van der Waals surface area (Å²) in [5.74, 6) is 1.97. The first-order valence-electron chi connectivity index (χ1n) is 7.56. The zero-order chi connectivity index (χ0) is 17.6. The molecule has 1 heterocycles. The second-order valence-electron chi connectivity index (χ2n) is 5.23. The van der Waals surface area contributed by atoms with Gasteiger partial charge in [-0.1, -0.05) is 28.1 Å². The molecule has 3 rings (SSSR count). The summed E-state index contributed by atoms with van der Waals surface area (Å²) in [5.41, 5.74) is 0.628. The highest BCUT2D eigenvalue weighted by Crippen LogP contribution is 2.25. The van der Waals surface area contributed by atoms with Crippen LogP contribution in [0, 0.1) is 0 Å². The number of para-hydroxylation sites is 1. The zero-order valence-corrected chi connectivity index (χ0v) is 16.3. The largest absolute Gasteiger partial charge is 0.484 e. The lowest BCUT2D eigenvalue weighted by molar-refractivity contribution is 0.104. The molecule has 3 aromatic rings. The Hall–Kier alpha value is -2.11. The second-order valence-corrected chi connectivity index (χ2v) is 7.00. The Morgan fingerprint density at radius 2 is 1.76 bits per heavy atom. The molecule has 0 N–H and O–H groups in total. The van der Waals surface area contributed by atoms with E-state index in [4.69, 9.17) is 9.15 Å². The van der Waals surface area contributed by atoms with Crippen LogP contribution in [0.25, 0.3) is 6.08 Å². The molecule has 0 aliphatic heterocycles. The summed E-state index contributed by atoms with van der Waals surface area (Å²) in [7, 11) is 0. The van der Waals surface area contributed by atoms with Gasteiger partial charge in [-0.25, -0.2) is 0 Å². The molecule has 2 aromatic carbocycles. The highest BCUT2D eigenvalue weighted by Gasteiger charge is 2.05. The molecule has 126 valence electrons. The van der Waals surface area contributed by atoms with Crippen LogP contribution in [0.3, 0.4) is 0 Å². The number of rotatable bonds is 6. The molecule has 0 bridgehead atoms. The van der Waals surface area contributed by atoms with Gasteiger partial charge >= 0.3 is 0 Å². The van der Waals surface area contributed by atoms with Crippen molar-refractivity contribution in [1.29, 1.82) is 0 Å². The maximum Gasteiger partial charge on any atom is 0.185 e. The van der Waals surface area contributed by atoms with Crippen LogP contribution >= 0.6 is 31.9 Å². The lowest BCUT2D eigenvalue weighted by atomic mass is 10.1. The molecular weight excluding hydrogens is 448 g/mol. The standard InChI is InChI=1S/C20H14Br2O3/c21-15-7-5-14(6-8-15)19(23)12-11-16-9-10-17(25-16)13-24-20-4-2-1-3-18(20)22/h1-12H,13H2/b12-11+. The molecule has 1 aromatic heterocycles. The van der Waals surface area contributed by atoms with E-state index in [1.807, 2.05) is 48.5 Å². The third-order valence-electron chi connectivity index (χ3n) is 3.42. The molecule has 5 heteroatoms. The third-order valence-corrected chi connectivity index (χ3v) is 4.60. The van der Waals surface area contributed by atoms with E-state index in [0.717, 1.165) is 14.7 Å². The van der Waals surface area contributed by atoms with Gasteiger partial charge in [0.1, 0.15) is 23.9 Å². The van der Waals surface area contributed by atoms with Crippen molar-refractivity contribution in [2.24, 2.45) is 0 Å². The Morgan fingerprint density at radius 1 is 1.00 bits per heavy atom. The predicted octanol–water partition coefficient (Wildman–Crippen LogP) is 6.28. The Labute approximate surface area is 162 Å². The van der Waals surface area contributed by atoms with Gasteiger partial charge in [-0.05, 0) is 76.6 Å². The summed E-state index contributed by atoms with van der Waals surface area (Å²) < 4.78 is 13.2. The number of furan rings is 1. The van der Waals surface area contributed by atoms with Gasteiger partial charge < -0.3 is 9.15 Å². The van der Waals surface area contributed by atoms with Gasteiger partial charge in [-0.15, -0.1) is 0 Å². The first kappa shape index (κ1) is 17.7. The average Bonchev–Trinajstić information content (AvgIpc) is 3.07. The Kier molecular flexibility index (Phi) is 5.89. The number of ketones is 1. The van der Waals surface area contributed by atoms with Crippen molar-refractivity contribution in [2.45, 2.75) is 6.61 Å². The van der Waals surface area contributed by atoms with Crippen molar-refractivity contribution >= 4 is 43.7 Å². The van der Waals surface area contributed by atoms with Crippen LogP contribution in [0.4, 0.5) is 0 Å². The Bertz CT molecular complexity index is 895. The van der Waals surface area contributed by atoms with E-state index >= 15 is 0 Å². The molecule has 0 fully saturated rings. The van der Waals surface area contributed by atoms with Crippen molar-refractivity contribution in [3.63, 3.8) is 0 Å². The summed E-state index contributed by atoms with van der Waals surface area (Å²) in [6, 6.07) is 18.5. The molecule has 0 amide bonds. The topological polar surface area (TPSA) is 39.4 Å². The van der Waals surface area contributed by atoms with Gasteiger partial charge in [0.25, 0.3) is 0 Å². The van der Waals surface area contributed by atoms with Crippen LogP contribution in [0.1, 0.15) is 21.9 Å². The van der Waals surface area contributed by atoms with E-state index in [0.29, 0.717) is 23.7 Å². The van der Waals surface area contributed by atoms with Crippen LogP contribution < -0.4 is 4.74 Å². The predicted molar refractivity (Wildman–Crippen MR) is 105 cm³/mol. The molecule has 0 aliphatic rings. The van der Waals surface area contributed by atoms with Crippen LogP contribution in [0.2, 0.25) is 0 Å². The molecule has 0 saturated heterocycles. The third kappa shape index (κ3) is 4.94. The van der Waals surface area contributed by atoms with Gasteiger partial charge in [-0.3, -0.25) is 4.79 Å². The molecule has 0 unspecified atom stereocenters. The minimum atomic E-state index is -0.0742. The van der Waals surface area contributed by atoms with Gasteiger partial charge in [0.05, 0.1) is 4.47 Å². The fourth-order valence-electron chi connectivity index (χ4n) is 2.14. The van der Waals surface area contributed by atoms with Crippen LogP contribution in [-0.2, 0) is 6.61 Å². The molecule has 0 spiro atoms. The molecule has 0 atom stereocenters. The molecule has 3 nitrogen and oxygen atoms in total. The molecule has 0 radical (unpaired) electrons. The smallest absolute Gasteiger partial charge is 0.185 e. The maximum absolute atomic E-state index is 12.1. The molecular formula is C20H14Br2O3. The average molecular weight is 462 g/mol. The summed E-state index contributed by atoms with van der Waals surface area (Å²) in [4.78, 5) is 12.1. The van der Waals surface area contributed by atoms with Crippen molar-refractivity contribution in [3.05, 3.63) is 92.8 Å². The second kappa shape index (κ2) is 8.32. The molecule has 25 heavy (non-hydrogen) atoms. The van der Waals surface area contributed by atoms with E-state index in [2.05, 4.69) is 31.9 Å². The van der Waals surface area contributed by atoms with Gasteiger partial charge in [0.15, 0.2) is 5.78 Å². The minimum absolute atomic E-state index is 0.0742. The number of hydrogen-bond donors (Lipinski definition) is 0. The number of hydrogen-bond acceptors (Lipinski definition) is 3. The number of allylic oxidation sites excluding steroid dienone is 1. The first-order chi connectivity index (χ1) is 12.1. The van der Waals surface area contributed by atoms with Crippen LogP contribution in [0.5, 0.6) is 5.75 Å². The van der Waals surface area contributed by atoms with Gasteiger partial charge in [0.2, 0.25) is 0 Å². The number of ether oxygens (including phenoxy) is 1.